The molecule has 140 valence electrons. The van der Waals surface area contributed by atoms with Crippen LogP contribution in [-0.2, 0) is 18.3 Å². The first kappa shape index (κ1) is 19.9. The number of nitrogens with one attached hydrogen (secondary N) is 1. The Labute approximate surface area is 156 Å². The highest BCUT2D eigenvalue weighted by molar-refractivity contribution is 5.92. The molecule has 1 atom stereocenters. The standard InChI is InChI=1S/C21H30N4O/c1-7-17-8-10-18(11-9-17)20(24(4)5)14-22-21(26)13-12-19-15(2)23-25(6)16(19)3/h8-13,20H,7,14H2,1-6H3,(H,22,26)/b13-12+. The van der Waals surface area contributed by atoms with Gasteiger partial charge in [-0.2, -0.15) is 5.10 Å². The maximum Gasteiger partial charge on any atom is 0.244 e. The van der Waals surface area contributed by atoms with E-state index >= 15 is 0 Å². The van der Waals surface area contributed by atoms with Crippen LogP contribution in [0.4, 0.5) is 0 Å². The quantitative estimate of drug-likeness (QED) is 0.778. The van der Waals surface area contributed by atoms with E-state index in [2.05, 4.69) is 46.5 Å². The van der Waals surface area contributed by atoms with Crippen LogP contribution in [0.25, 0.3) is 6.08 Å². The van der Waals surface area contributed by atoms with Gasteiger partial charge in [0.1, 0.15) is 0 Å². The summed E-state index contributed by atoms with van der Waals surface area (Å²) in [6.07, 6.45) is 4.46. The number of hydrogen-bond acceptors (Lipinski definition) is 3. The van der Waals surface area contributed by atoms with Crippen LogP contribution in [0.5, 0.6) is 0 Å². The number of nitrogens with zero attached hydrogens (tertiary/aromatic N) is 3. The molecule has 1 aromatic heterocycles. The Morgan fingerprint density at radius 3 is 2.42 bits per heavy atom. The molecule has 0 bridgehead atoms. The van der Waals surface area contributed by atoms with Gasteiger partial charge in [-0.05, 0) is 51.6 Å². The third-order valence-corrected chi connectivity index (χ3v) is 4.83. The molecular formula is C21H30N4O. The second-order valence-electron chi connectivity index (χ2n) is 6.86. The second-order valence-corrected chi connectivity index (χ2v) is 6.86. The van der Waals surface area contributed by atoms with Crippen molar-refractivity contribution in [2.45, 2.75) is 33.2 Å². The van der Waals surface area contributed by atoms with Crippen molar-refractivity contribution in [1.82, 2.24) is 20.0 Å². The Balaban J connectivity index is 2.01. The Kier molecular flexibility index (Phi) is 6.75. The minimum atomic E-state index is -0.0929. The number of aryl methyl sites for hydroxylation is 3. The van der Waals surface area contributed by atoms with E-state index in [0.717, 1.165) is 23.4 Å². The molecule has 2 rings (SSSR count). The lowest BCUT2D eigenvalue weighted by molar-refractivity contribution is -0.116. The van der Waals surface area contributed by atoms with Gasteiger partial charge in [-0.15, -0.1) is 0 Å². The maximum absolute atomic E-state index is 12.3. The maximum atomic E-state index is 12.3. The van der Waals surface area contributed by atoms with Gasteiger partial charge in [-0.25, -0.2) is 0 Å². The molecule has 1 amide bonds. The van der Waals surface area contributed by atoms with Crippen molar-refractivity contribution in [3.63, 3.8) is 0 Å². The molecule has 0 saturated heterocycles. The Hall–Kier alpha value is -2.40. The molecule has 1 N–H and O–H groups in total. The SMILES string of the molecule is CCc1ccc(C(CNC(=O)/C=C/c2c(C)nn(C)c2C)N(C)C)cc1. The summed E-state index contributed by atoms with van der Waals surface area (Å²) in [5.41, 5.74) is 5.50. The molecule has 0 aliphatic heterocycles. The first-order valence-electron chi connectivity index (χ1n) is 9.04. The highest BCUT2D eigenvalue weighted by Gasteiger charge is 2.15. The summed E-state index contributed by atoms with van der Waals surface area (Å²) in [4.78, 5) is 14.4. The fourth-order valence-corrected chi connectivity index (χ4v) is 3.02. The van der Waals surface area contributed by atoms with Gasteiger partial charge in [0.25, 0.3) is 0 Å². The van der Waals surface area contributed by atoms with Gasteiger partial charge in [-0.1, -0.05) is 31.2 Å². The topological polar surface area (TPSA) is 50.2 Å². The highest BCUT2D eigenvalue weighted by Crippen LogP contribution is 2.18. The number of aromatic nitrogens is 2. The molecule has 0 fully saturated rings. The van der Waals surface area contributed by atoms with Crippen molar-refractivity contribution in [2.24, 2.45) is 7.05 Å². The molecule has 1 heterocycles. The molecule has 0 aliphatic rings. The van der Waals surface area contributed by atoms with Crippen LogP contribution in [0.2, 0.25) is 0 Å². The summed E-state index contributed by atoms with van der Waals surface area (Å²) in [7, 11) is 5.97. The number of carbonyl (C=O) groups excluding carboxylic acids is 1. The van der Waals surface area contributed by atoms with Gasteiger partial charge in [0.2, 0.25) is 5.91 Å². The Morgan fingerprint density at radius 2 is 1.92 bits per heavy atom. The van der Waals surface area contributed by atoms with Crippen LogP contribution >= 0.6 is 0 Å². The zero-order chi connectivity index (χ0) is 19.3. The monoisotopic (exact) mass is 354 g/mol. The van der Waals surface area contributed by atoms with E-state index in [0.29, 0.717) is 6.54 Å². The Morgan fingerprint density at radius 1 is 1.27 bits per heavy atom. The van der Waals surface area contributed by atoms with Crippen molar-refractivity contribution in [3.8, 4) is 0 Å². The largest absolute Gasteiger partial charge is 0.351 e. The lowest BCUT2D eigenvalue weighted by atomic mass is 10.0. The molecule has 2 aromatic rings. The minimum absolute atomic E-state index is 0.0929. The first-order valence-corrected chi connectivity index (χ1v) is 9.04. The van der Waals surface area contributed by atoms with Crippen LogP contribution in [0, 0.1) is 13.8 Å². The molecule has 1 aromatic carbocycles. The second kappa shape index (κ2) is 8.81. The third kappa shape index (κ3) is 4.82. The fraction of sp³-hybridized carbons (Fsp3) is 0.429. The van der Waals surface area contributed by atoms with Gasteiger partial charge >= 0.3 is 0 Å². The van der Waals surface area contributed by atoms with Crippen LogP contribution in [0.15, 0.2) is 30.3 Å². The Bertz CT molecular complexity index is 772. The van der Waals surface area contributed by atoms with Gasteiger partial charge in [0.05, 0.1) is 11.7 Å². The fourth-order valence-electron chi connectivity index (χ4n) is 3.02. The van der Waals surface area contributed by atoms with Gasteiger partial charge < -0.3 is 10.2 Å². The molecule has 1 unspecified atom stereocenters. The predicted octanol–water partition coefficient (Wildman–Crippen LogP) is 3.03. The van der Waals surface area contributed by atoms with E-state index in [-0.39, 0.29) is 11.9 Å². The molecule has 0 radical (unpaired) electrons. The summed E-state index contributed by atoms with van der Waals surface area (Å²) in [6.45, 7) is 6.66. The third-order valence-electron chi connectivity index (χ3n) is 4.83. The number of carbonyl (C=O) groups is 1. The summed E-state index contributed by atoms with van der Waals surface area (Å²) >= 11 is 0. The van der Waals surface area contributed by atoms with Crippen LogP contribution < -0.4 is 5.32 Å². The lowest BCUT2D eigenvalue weighted by Gasteiger charge is -2.25. The van der Waals surface area contributed by atoms with Crippen molar-refractivity contribution in [2.75, 3.05) is 20.6 Å². The summed E-state index contributed by atoms with van der Waals surface area (Å²) in [6, 6.07) is 8.74. The lowest BCUT2D eigenvalue weighted by Crippen LogP contribution is -2.33. The average Bonchev–Trinajstić information content (AvgIpc) is 2.85. The van der Waals surface area contributed by atoms with Crippen LogP contribution in [0.1, 0.15) is 41.0 Å². The number of hydrogen-bond donors (Lipinski definition) is 1. The van der Waals surface area contributed by atoms with E-state index in [1.54, 1.807) is 6.08 Å². The average molecular weight is 354 g/mol. The van der Waals surface area contributed by atoms with Crippen molar-refractivity contribution >= 4 is 12.0 Å². The van der Waals surface area contributed by atoms with E-state index < -0.39 is 0 Å². The number of rotatable bonds is 7. The van der Waals surface area contributed by atoms with Crippen LogP contribution in [-0.4, -0.2) is 41.2 Å². The molecule has 0 aliphatic carbocycles. The molecule has 5 heteroatoms. The molecule has 26 heavy (non-hydrogen) atoms. The zero-order valence-electron chi connectivity index (χ0n) is 16.7. The van der Waals surface area contributed by atoms with Gasteiger partial charge in [0, 0.05) is 30.9 Å². The molecule has 5 nitrogen and oxygen atoms in total. The van der Waals surface area contributed by atoms with Crippen LogP contribution in [0.3, 0.4) is 0 Å². The van der Waals surface area contributed by atoms with E-state index in [4.69, 9.17) is 0 Å². The van der Waals surface area contributed by atoms with Gasteiger partial charge in [-0.3, -0.25) is 9.48 Å². The summed E-state index contributed by atoms with van der Waals surface area (Å²) in [5.74, 6) is -0.0929. The number of benzene rings is 1. The summed E-state index contributed by atoms with van der Waals surface area (Å²) < 4.78 is 1.83. The molecule has 0 saturated carbocycles. The predicted molar refractivity (Wildman–Crippen MR) is 107 cm³/mol. The highest BCUT2D eigenvalue weighted by atomic mass is 16.1. The van der Waals surface area contributed by atoms with E-state index in [1.807, 2.05) is 45.7 Å². The van der Waals surface area contributed by atoms with Gasteiger partial charge in [0.15, 0.2) is 0 Å². The molecule has 0 spiro atoms. The normalized spacial score (nSPS) is 12.7. The van der Waals surface area contributed by atoms with E-state index in [1.165, 1.54) is 11.1 Å². The zero-order valence-corrected chi connectivity index (χ0v) is 16.7. The number of likely N-dealkylation sites (N-methyl/N-ethyl adjacent to an activating group) is 1. The minimum Gasteiger partial charge on any atom is -0.351 e. The van der Waals surface area contributed by atoms with Crippen molar-refractivity contribution < 1.29 is 4.79 Å². The molecular weight excluding hydrogens is 324 g/mol. The smallest absolute Gasteiger partial charge is 0.244 e. The number of amides is 1. The van der Waals surface area contributed by atoms with E-state index in [9.17, 15) is 4.79 Å². The van der Waals surface area contributed by atoms with Crippen molar-refractivity contribution in [1.29, 1.82) is 0 Å². The van der Waals surface area contributed by atoms with Crippen molar-refractivity contribution in [3.05, 3.63) is 58.4 Å². The first-order chi connectivity index (χ1) is 12.3. The summed E-state index contributed by atoms with van der Waals surface area (Å²) in [5, 5.41) is 7.38.